The topological polar surface area (TPSA) is 29.5 Å². The largest absolute Gasteiger partial charge is 0.481 e. The molecule has 0 saturated heterocycles. The highest BCUT2D eigenvalue weighted by Crippen LogP contribution is 2.11. The van der Waals surface area contributed by atoms with Crippen molar-refractivity contribution in [2.75, 3.05) is 7.11 Å². The van der Waals surface area contributed by atoms with Crippen LogP contribution in [0.15, 0.2) is 30.2 Å². The Hall–Kier alpha value is -1.44. The van der Waals surface area contributed by atoms with Gasteiger partial charge in [-0.15, -0.1) is 0 Å². The van der Waals surface area contributed by atoms with Crippen LogP contribution < -0.4 is 0 Å². The summed E-state index contributed by atoms with van der Waals surface area (Å²) in [7, 11) is 1.44. The Balaban J connectivity index is 2.72. The first kappa shape index (κ1) is 11.6. The first-order valence-corrected chi connectivity index (χ1v) is 5.15. The van der Waals surface area contributed by atoms with E-state index >= 15 is 0 Å². The van der Waals surface area contributed by atoms with Gasteiger partial charge in [0.25, 0.3) is 5.95 Å². The van der Waals surface area contributed by atoms with Crippen LogP contribution in [0.1, 0.15) is 25.0 Å². The summed E-state index contributed by atoms with van der Waals surface area (Å²) in [4.78, 5) is 0. The molecule has 2 heteroatoms. The maximum absolute atomic E-state index is 9.16. The number of rotatable bonds is 4. The molecule has 0 atom stereocenters. The molecule has 0 radical (unpaired) electrons. The number of aliphatic hydroxyl groups is 1. The molecule has 0 aliphatic rings. The van der Waals surface area contributed by atoms with Crippen molar-refractivity contribution in [3.05, 3.63) is 41.3 Å². The standard InChI is InChI=1S/C13H18O2/c1-10(2)8-11-4-6-12(7-5-11)9-13(14)15-3/h4-7,9-10,14H,8H2,1-3H3/b13-9+. The molecule has 1 aromatic carbocycles. The van der Waals surface area contributed by atoms with E-state index in [1.54, 1.807) is 6.08 Å². The normalized spacial score (nSPS) is 11.9. The molecule has 0 bridgehead atoms. The predicted octanol–water partition coefficient (Wildman–Crippen LogP) is 3.39. The number of ether oxygens (including phenoxy) is 1. The van der Waals surface area contributed by atoms with Gasteiger partial charge in [-0.1, -0.05) is 38.1 Å². The fourth-order valence-electron chi connectivity index (χ4n) is 1.42. The second kappa shape index (κ2) is 5.44. The lowest BCUT2D eigenvalue weighted by Gasteiger charge is -2.05. The lowest BCUT2D eigenvalue weighted by Crippen LogP contribution is -1.93. The summed E-state index contributed by atoms with van der Waals surface area (Å²) in [6.45, 7) is 4.40. The summed E-state index contributed by atoms with van der Waals surface area (Å²) in [6, 6.07) is 8.11. The average Bonchev–Trinajstić information content (AvgIpc) is 2.20. The van der Waals surface area contributed by atoms with Crippen LogP contribution in [-0.2, 0) is 11.2 Å². The van der Waals surface area contributed by atoms with Gasteiger partial charge in [0, 0.05) is 6.08 Å². The Labute approximate surface area is 91.2 Å². The summed E-state index contributed by atoms with van der Waals surface area (Å²) in [5.41, 5.74) is 2.26. The van der Waals surface area contributed by atoms with Crippen molar-refractivity contribution in [3.63, 3.8) is 0 Å². The first-order chi connectivity index (χ1) is 7.11. The maximum atomic E-state index is 9.16. The van der Waals surface area contributed by atoms with Crippen LogP contribution in [-0.4, -0.2) is 12.2 Å². The van der Waals surface area contributed by atoms with Crippen LogP contribution in [0.2, 0.25) is 0 Å². The van der Waals surface area contributed by atoms with E-state index in [-0.39, 0.29) is 5.95 Å². The molecule has 0 unspecified atom stereocenters. The Morgan fingerprint density at radius 2 is 1.93 bits per heavy atom. The zero-order valence-corrected chi connectivity index (χ0v) is 9.53. The monoisotopic (exact) mass is 206 g/mol. The summed E-state index contributed by atoms with van der Waals surface area (Å²) in [5, 5.41) is 9.16. The zero-order valence-electron chi connectivity index (χ0n) is 9.53. The zero-order chi connectivity index (χ0) is 11.3. The number of benzene rings is 1. The minimum atomic E-state index is -0.0633. The third kappa shape index (κ3) is 4.07. The molecule has 0 heterocycles. The van der Waals surface area contributed by atoms with Gasteiger partial charge < -0.3 is 9.84 Å². The van der Waals surface area contributed by atoms with Crippen molar-refractivity contribution in [2.24, 2.45) is 5.92 Å². The predicted molar refractivity (Wildman–Crippen MR) is 62.6 cm³/mol. The van der Waals surface area contributed by atoms with Gasteiger partial charge in [0.2, 0.25) is 0 Å². The molecule has 1 N–H and O–H groups in total. The van der Waals surface area contributed by atoms with E-state index in [0.717, 1.165) is 12.0 Å². The SMILES string of the molecule is CO/C(O)=C/c1ccc(CC(C)C)cc1. The van der Waals surface area contributed by atoms with Crippen molar-refractivity contribution < 1.29 is 9.84 Å². The Morgan fingerprint density at radius 1 is 1.33 bits per heavy atom. The van der Waals surface area contributed by atoms with Gasteiger partial charge in [-0.25, -0.2) is 0 Å². The summed E-state index contributed by atoms with van der Waals surface area (Å²) in [5.74, 6) is 0.602. The van der Waals surface area contributed by atoms with Gasteiger partial charge in [-0.2, -0.15) is 0 Å². The fraction of sp³-hybridized carbons (Fsp3) is 0.385. The van der Waals surface area contributed by atoms with Crippen LogP contribution in [0.5, 0.6) is 0 Å². The van der Waals surface area contributed by atoms with Crippen LogP contribution in [0.3, 0.4) is 0 Å². The van der Waals surface area contributed by atoms with Gasteiger partial charge in [0.05, 0.1) is 7.11 Å². The quantitative estimate of drug-likeness (QED) is 0.765. The molecule has 0 aliphatic heterocycles. The fourth-order valence-corrected chi connectivity index (χ4v) is 1.42. The molecular weight excluding hydrogens is 188 g/mol. The Morgan fingerprint density at radius 3 is 2.40 bits per heavy atom. The van der Waals surface area contributed by atoms with Crippen molar-refractivity contribution in [1.29, 1.82) is 0 Å². The molecule has 0 spiro atoms. The van der Waals surface area contributed by atoms with Crippen molar-refractivity contribution in [2.45, 2.75) is 20.3 Å². The molecule has 2 nitrogen and oxygen atoms in total. The smallest absolute Gasteiger partial charge is 0.276 e. The lowest BCUT2D eigenvalue weighted by molar-refractivity contribution is 0.141. The van der Waals surface area contributed by atoms with Gasteiger partial charge in [0.15, 0.2) is 0 Å². The van der Waals surface area contributed by atoms with Crippen LogP contribution >= 0.6 is 0 Å². The Bertz CT molecular complexity index is 323. The van der Waals surface area contributed by atoms with E-state index in [1.807, 2.05) is 12.1 Å². The molecule has 1 aromatic rings. The van der Waals surface area contributed by atoms with E-state index in [0.29, 0.717) is 5.92 Å². The third-order valence-corrected chi connectivity index (χ3v) is 2.12. The third-order valence-electron chi connectivity index (χ3n) is 2.12. The molecule has 0 fully saturated rings. The van der Waals surface area contributed by atoms with Crippen LogP contribution in [0.25, 0.3) is 6.08 Å². The van der Waals surface area contributed by atoms with Crippen molar-refractivity contribution in [3.8, 4) is 0 Å². The van der Waals surface area contributed by atoms with E-state index in [9.17, 15) is 0 Å². The number of hydrogen-bond donors (Lipinski definition) is 1. The minimum Gasteiger partial charge on any atom is -0.481 e. The highest BCUT2D eigenvalue weighted by Gasteiger charge is 1.98. The summed E-state index contributed by atoms with van der Waals surface area (Å²) >= 11 is 0. The van der Waals surface area contributed by atoms with E-state index in [1.165, 1.54) is 12.7 Å². The molecule has 0 amide bonds. The number of methoxy groups -OCH3 is 1. The second-order valence-corrected chi connectivity index (χ2v) is 4.03. The van der Waals surface area contributed by atoms with E-state index in [4.69, 9.17) is 5.11 Å². The van der Waals surface area contributed by atoms with E-state index < -0.39 is 0 Å². The molecule has 0 aromatic heterocycles. The van der Waals surface area contributed by atoms with E-state index in [2.05, 4.69) is 30.7 Å². The number of aliphatic hydroxyl groups excluding tert-OH is 1. The van der Waals surface area contributed by atoms with Crippen LogP contribution in [0.4, 0.5) is 0 Å². The highest BCUT2D eigenvalue weighted by atomic mass is 16.6. The summed E-state index contributed by atoms with van der Waals surface area (Å²) < 4.78 is 4.67. The highest BCUT2D eigenvalue weighted by molar-refractivity contribution is 5.50. The molecule has 0 saturated carbocycles. The average molecular weight is 206 g/mol. The maximum Gasteiger partial charge on any atom is 0.276 e. The molecule has 15 heavy (non-hydrogen) atoms. The first-order valence-electron chi connectivity index (χ1n) is 5.15. The Kier molecular flexibility index (Phi) is 4.22. The van der Waals surface area contributed by atoms with Gasteiger partial charge in [-0.05, 0) is 23.5 Å². The molecule has 0 aliphatic carbocycles. The minimum absolute atomic E-state index is 0.0633. The molecular formula is C13H18O2. The summed E-state index contributed by atoms with van der Waals surface area (Å²) in [6.07, 6.45) is 2.68. The lowest BCUT2D eigenvalue weighted by atomic mass is 10.0. The van der Waals surface area contributed by atoms with Gasteiger partial charge in [-0.3, -0.25) is 0 Å². The van der Waals surface area contributed by atoms with Gasteiger partial charge >= 0.3 is 0 Å². The number of hydrogen-bond acceptors (Lipinski definition) is 2. The molecule has 82 valence electrons. The van der Waals surface area contributed by atoms with Crippen molar-refractivity contribution in [1.82, 2.24) is 0 Å². The molecule has 1 rings (SSSR count). The second-order valence-electron chi connectivity index (χ2n) is 4.03. The van der Waals surface area contributed by atoms with Gasteiger partial charge in [0.1, 0.15) is 0 Å². The van der Waals surface area contributed by atoms with Crippen molar-refractivity contribution >= 4 is 6.08 Å². The van der Waals surface area contributed by atoms with Crippen LogP contribution in [0, 0.1) is 5.92 Å².